The van der Waals surface area contributed by atoms with Crippen LogP contribution < -0.4 is 0 Å². The average molecular weight is 457 g/mol. The minimum absolute atomic E-state index is 0.666. The van der Waals surface area contributed by atoms with Gasteiger partial charge in [0.15, 0.2) is 0 Å². The second-order valence-electron chi connectivity index (χ2n) is 5.71. The molecule has 0 nitrogen and oxygen atoms in total. The quantitative estimate of drug-likeness (QED) is 0.388. The van der Waals surface area contributed by atoms with Crippen molar-refractivity contribution in [1.82, 2.24) is 0 Å². The lowest BCUT2D eigenvalue weighted by molar-refractivity contribution is 1.52. The predicted octanol–water partition coefficient (Wildman–Crippen LogP) is 8.16. The summed E-state index contributed by atoms with van der Waals surface area (Å²) in [4.78, 5) is 8.76. The molecule has 130 valence electrons. The zero-order valence-electron chi connectivity index (χ0n) is 13.3. The molecule has 25 heavy (non-hydrogen) atoms. The SMILES string of the molecule is c1cc(-c2ccc(C3SCCS3)s2)sc1-c1ccc(C2SCCS2)s1. The van der Waals surface area contributed by atoms with Gasteiger partial charge in [-0.25, -0.2) is 0 Å². The van der Waals surface area contributed by atoms with Gasteiger partial charge in [0, 0.05) is 52.3 Å². The van der Waals surface area contributed by atoms with Crippen molar-refractivity contribution >= 4 is 81.1 Å². The molecule has 3 aromatic rings. The molecule has 0 aromatic carbocycles. The maximum absolute atomic E-state index is 2.34. The molecular weight excluding hydrogens is 441 g/mol. The lowest BCUT2D eigenvalue weighted by Crippen LogP contribution is -1.75. The monoisotopic (exact) mass is 456 g/mol. The van der Waals surface area contributed by atoms with Crippen LogP contribution in [0, 0.1) is 0 Å². The third-order valence-electron chi connectivity index (χ3n) is 4.05. The van der Waals surface area contributed by atoms with E-state index in [0.29, 0.717) is 9.16 Å². The first-order chi connectivity index (χ1) is 12.4. The van der Waals surface area contributed by atoms with E-state index in [1.807, 2.05) is 34.0 Å². The van der Waals surface area contributed by atoms with Crippen molar-refractivity contribution in [1.29, 1.82) is 0 Å². The molecule has 3 aromatic heterocycles. The molecule has 7 heteroatoms. The topological polar surface area (TPSA) is 0 Å². The number of thioether (sulfide) groups is 4. The van der Waals surface area contributed by atoms with E-state index in [1.165, 1.54) is 52.3 Å². The van der Waals surface area contributed by atoms with Crippen LogP contribution in [0.15, 0.2) is 36.4 Å². The first-order valence-electron chi connectivity index (χ1n) is 8.13. The number of rotatable bonds is 4. The Labute approximate surface area is 177 Å². The summed E-state index contributed by atoms with van der Waals surface area (Å²) in [5.41, 5.74) is 0. The summed E-state index contributed by atoms with van der Waals surface area (Å²) in [5.74, 6) is 5.18. The molecule has 5 heterocycles. The molecule has 0 atom stereocenters. The highest BCUT2D eigenvalue weighted by Gasteiger charge is 2.22. The van der Waals surface area contributed by atoms with Gasteiger partial charge >= 0.3 is 0 Å². The summed E-state index contributed by atoms with van der Waals surface area (Å²) < 4.78 is 1.33. The summed E-state index contributed by atoms with van der Waals surface area (Å²) in [5, 5.41) is 0. The van der Waals surface area contributed by atoms with Crippen molar-refractivity contribution in [3.8, 4) is 19.5 Å². The Hall–Kier alpha value is 0.500. The Bertz CT molecular complexity index is 778. The van der Waals surface area contributed by atoms with E-state index in [9.17, 15) is 0 Å². The fourth-order valence-corrected chi connectivity index (χ4v) is 12.5. The molecule has 0 aliphatic carbocycles. The van der Waals surface area contributed by atoms with Gasteiger partial charge in [-0.15, -0.1) is 81.1 Å². The van der Waals surface area contributed by atoms with Crippen LogP contribution in [0.2, 0.25) is 0 Å². The van der Waals surface area contributed by atoms with Gasteiger partial charge < -0.3 is 0 Å². The van der Waals surface area contributed by atoms with Crippen LogP contribution in [-0.4, -0.2) is 23.0 Å². The number of hydrogen-bond acceptors (Lipinski definition) is 7. The van der Waals surface area contributed by atoms with E-state index in [4.69, 9.17) is 0 Å². The van der Waals surface area contributed by atoms with E-state index in [1.54, 1.807) is 0 Å². The molecule has 2 saturated heterocycles. The van der Waals surface area contributed by atoms with Gasteiger partial charge in [-0.05, 0) is 36.4 Å². The average Bonchev–Trinajstić information content (AvgIpc) is 3.48. The second-order valence-corrected chi connectivity index (χ2v) is 14.5. The van der Waals surface area contributed by atoms with Crippen molar-refractivity contribution in [2.75, 3.05) is 23.0 Å². The minimum atomic E-state index is 0.666. The zero-order valence-corrected chi connectivity index (χ0v) is 19.0. The maximum atomic E-state index is 2.34. The van der Waals surface area contributed by atoms with Crippen LogP contribution in [0.5, 0.6) is 0 Å². The highest BCUT2D eigenvalue weighted by atomic mass is 32.2. The third-order valence-corrected chi connectivity index (χ3v) is 14.6. The highest BCUT2D eigenvalue weighted by molar-refractivity contribution is 8.20. The molecule has 2 fully saturated rings. The van der Waals surface area contributed by atoms with Gasteiger partial charge in [0.1, 0.15) is 0 Å². The Morgan fingerprint density at radius 2 is 0.840 bits per heavy atom. The Balaban J connectivity index is 1.36. The second kappa shape index (κ2) is 7.86. The molecule has 0 unspecified atom stereocenters. The zero-order chi connectivity index (χ0) is 16.6. The molecule has 0 bridgehead atoms. The Kier molecular flexibility index (Phi) is 5.53. The van der Waals surface area contributed by atoms with Crippen LogP contribution in [0.4, 0.5) is 0 Å². The van der Waals surface area contributed by atoms with Crippen LogP contribution in [0.1, 0.15) is 18.9 Å². The summed E-state index contributed by atoms with van der Waals surface area (Å²) in [6, 6.07) is 13.9. The van der Waals surface area contributed by atoms with E-state index in [2.05, 4.69) is 83.4 Å². The fraction of sp³-hybridized carbons (Fsp3) is 0.333. The number of hydrogen-bond donors (Lipinski definition) is 0. The van der Waals surface area contributed by atoms with E-state index >= 15 is 0 Å². The van der Waals surface area contributed by atoms with E-state index in [-0.39, 0.29) is 0 Å². The fourth-order valence-electron chi connectivity index (χ4n) is 2.87. The number of thiophene rings is 3. The third kappa shape index (κ3) is 3.75. The highest BCUT2D eigenvalue weighted by Crippen LogP contribution is 2.51. The predicted molar refractivity (Wildman–Crippen MR) is 126 cm³/mol. The first kappa shape index (κ1) is 17.6. The van der Waals surface area contributed by atoms with Gasteiger partial charge in [0.2, 0.25) is 0 Å². The van der Waals surface area contributed by atoms with Crippen LogP contribution in [-0.2, 0) is 0 Å². The van der Waals surface area contributed by atoms with Gasteiger partial charge in [-0.2, -0.15) is 0 Å². The Morgan fingerprint density at radius 3 is 1.28 bits per heavy atom. The minimum Gasteiger partial charge on any atom is -0.141 e. The van der Waals surface area contributed by atoms with Crippen molar-refractivity contribution in [3.05, 3.63) is 46.2 Å². The molecule has 0 amide bonds. The van der Waals surface area contributed by atoms with Gasteiger partial charge in [-0.3, -0.25) is 0 Å². The van der Waals surface area contributed by atoms with E-state index < -0.39 is 0 Å². The Morgan fingerprint density at radius 1 is 0.480 bits per heavy atom. The van der Waals surface area contributed by atoms with Crippen LogP contribution in [0.3, 0.4) is 0 Å². The van der Waals surface area contributed by atoms with Crippen molar-refractivity contribution in [2.24, 2.45) is 0 Å². The van der Waals surface area contributed by atoms with Crippen molar-refractivity contribution in [3.63, 3.8) is 0 Å². The normalized spacial score (nSPS) is 19.2. The molecular formula is C18H16S7. The lowest BCUT2D eigenvalue weighted by atomic mass is 10.3. The molecule has 5 rings (SSSR count). The smallest absolute Gasteiger partial charge is 0.0844 e. The van der Waals surface area contributed by atoms with Gasteiger partial charge in [0.05, 0.1) is 9.16 Å². The molecule has 0 N–H and O–H groups in total. The molecule has 0 spiro atoms. The first-order valence-corrected chi connectivity index (χ1v) is 14.8. The van der Waals surface area contributed by atoms with Gasteiger partial charge in [-0.1, -0.05) is 0 Å². The lowest BCUT2D eigenvalue weighted by Gasteiger charge is -2.02. The van der Waals surface area contributed by atoms with E-state index in [0.717, 1.165) is 0 Å². The standard InChI is InChI=1S/C18H16S7/c1-2-12(14-4-6-16(25-14)18-21-9-10-22-18)23-11(1)13-3-5-15(24-13)17-19-7-8-20-17/h1-6,17-18H,7-10H2. The van der Waals surface area contributed by atoms with Crippen molar-refractivity contribution in [2.45, 2.75) is 9.16 Å². The summed E-state index contributed by atoms with van der Waals surface area (Å²) in [7, 11) is 0. The molecule has 0 saturated carbocycles. The molecule has 2 aliphatic heterocycles. The maximum Gasteiger partial charge on any atom is 0.0844 e. The molecule has 0 radical (unpaired) electrons. The largest absolute Gasteiger partial charge is 0.141 e. The van der Waals surface area contributed by atoms with Gasteiger partial charge in [0.25, 0.3) is 0 Å². The summed E-state index contributed by atoms with van der Waals surface area (Å²) in [6.45, 7) is 0. The summed E-state index contributed by atoms with van der Waals surface area (Å²) >= 11 is 14.3. The molecule has 2 aliphatic rings. The van der Waals surface area contributed by atoms with Crippen LogP contribution >= 0.6 is 81.1 Å². The summed E-state index contributed by atoms with van der Waals surface area (Å²) in [6.07, 6.45) is 0. The van der Waals surface area contributed by atoms with Crippen molar-refractivity contribution < 1.29 is 0 Å². The van der Waals surface area contributed by atoms with Crippen LogP contribution in [0.25, 0.3) is 19.5 Å².